The Balaban J connectivity index is 2.41. The van der Waals surface area contributed by atoms with Gasteiger partial charge in [-0.2, -0.15) is 0 Å². The highest BCUT2D eigenvalue weighted by Gasteiger charge is 2.29. The number of carbonyl (C=O) groups is 2. The molecule has 1 aliphatic carbocycles. The van der Waals surface area contributed by atoms with Crippen molar-refractivity contribution >= 4 is 12.0 Å². The number of nitrogens with zero attached hydrogens (tertiary/aromatic N) is 1. The van der Waals surface area contributed by atoms with Gasteiger partial charge >= 0.3 is 6.09 Å². The molecule has 22 heavy (non-hydrogen) atoms. The molecule has 0 aromatic rings. The lowest BCUT2D eigenvalue weighted by Crippen LogP contribution is -2.41. The van der Waals surface area contributed by atoms with E-state index in [0.29, 0.717) is 12.5 Å². The maximum atomic E-state index is 11.8. The van der Waals surface area contributed by atoms with Crippen LogP contribution in [0.2, 0.25) is 0 Å². The first kappa shape index (κ1) is 18.7. The van der Waals surface area contributed by atoms with E-state index in [1.807, 2.05) is 20.8 Å². The predicted molar refractivity (Wildman–Crippen MR) is 86.4 cm³/mol. The van der Waals surface area contributed by atoms with Crippen LogP contribution in [0.15, 0.2) is 0 Å². The summed E-state index contributed by atoms with van der Waals surface area (Å²) in [4.78, 5) is 25.0. The Morgan fingerprint density at radius 1 is 1.32 bits per heavy atom. The van der Waals surface area contributed by atoms with Gasteiger partial charge in [0.05, 0.1) is 6.54 Å². The highest BCUT2D eigenvalue weighted by Crippen LogP contribution is 2.27. The van der Waals surface area contributed by atoms with Crippen LogP contribution < -0.4 is 11.1 Å². The molecule has 0 unspecified atom stereocenters. The molecule has 1 rings (SSSR count). The number of nitrogens with one attached hydrogen (secondary N) is 1. The first-order chi connectivity index (χ1) is 10.1. The summed E-state index contributed by atoms with van der Waals surface area (Å²) in [6.45, 7) is 10.8. The predicted octanol–water partition coefficient (Wildman–Crippen LogP) is 1.88. The van der Waals surface area contributed by atoms with E-state index < -0.39 is 5.60 Å². The fourth-order valence-electron chi connectivity index (χ4n) is 2.84. The normalized spacial score (nSPS) is 22.1. The number of ether oxygens (including phenoxy) is 1. The van der Waals surface area contributed by atoms with Crippen molar-refractivity contribution in [2.45, 2.75) is 71.6 Å². The van der Waals surface area contributed by atoms with Gasteiger partial charge in [0.25, 0.3) is 0 Å². The van der Waals surface area contributed by atoms with Gasteiger partial charge in [0.1, 0.15) is 5.60 Å². The highest BCUT2D eigenvalue weighted by atomic mass is 16.6. The average molecular weight is 313 g/mol. The minimum absolute atomic E-state index is 0.155. The Morgan fingerprint density at radius 3 is 2.45 bits per heavy atom. The number of hydrogen-bond donors (Lipinski definition) is 2. The minimum atomic E-state index is -0.474. The zero-order valence-corrected chi connectivity index (χ0v) is 14.5. The van der Waals surface area contributed by atoms with Crippen molar-refractivity contribution in [3.8, 4) is 0 Å². The summed E-state index contributed by atoms with van der Waals surface area (Å²) >= 11 is 0. The van der Waals surface area contributed by atoms with E-state index >= 15 is 0 Å². The van der Waals surface area contributed by atoms with Crippen molar-refractivity contribution < 1.29 is 14.3 Å². The summed E-state index contributed by atoms with van der Waals surface area (Å²) in [6.07, 6.45) is 2.56. The van der Waals surface area contributed by atoms with Crippen LogP contribution in [0.4, 0.5) is 4.79 Å². The van der Waals surface area contributed by atoms with E-state index in [2.05, 4.69) is 24.1 Å². The molecule has 0 spiro atoms. The minimum Gasteiger partial charge on any atom is -0.444 e. The molecule has 0 heterocycles. The van der Waals surface area contributed by atoms with Gasteiger partial charge in [0.2, 0.25) is 5.91 Å². The summed E-state index contributed by atoms with van der Waals surface area (Å²) in [6, 6.07) is 0.438. The molecular weight excluding hydrogens is 282 g/mol. The van der Waals surface area contributed by atoms with E-state index in [-0.39, 0.29) is 24.1 Å². The monoisotopic (exact) mass is 313 g/mol. The number of rotatable bonds is 6. The van der Waals surface area contributed by atoms with E-state index in [1.165, 1.54) is 0 Å². The number of amides is 2. The molecule has 0 bridgehead atoms. The van der Waals surface area contributed by atoms with Crippen LogP contribution in [0.5, 0.6) is 0 Å². The lowest BCUT2D eigenvalue weighted by molar-refractivity contribution is -0.119. The molecule has 128 valence electrons. The van der Waals surface area contributed by atoms with Crippen molar-refractivity contribution in [2.75, 3.05) is 13.1 Å². The smallest absolute Gasteiger partial charge is 0.407 e. The maximum Gasteiger partial charge on any atom is 0.407 e. The third kappa shape index (κ3) is 7.11. The maximum absolute atomic E-state index is 11.8. The zero-order valence-electron chi connectivity index (χ0n) is 14.5. The molecule has 6 heteroatoms. The van der Waals surface area contributed by atoms with Gasteiger partial charge in [-0.1, -0.05) is 0 Å². The topological polar surface area (TPSA) is 84.7 Å². The van der Waals surface area contributed by atoms with Gasteiger partial charge < -0.3 is 15.8 Å². The Kier molecular flexibility index (Phi) is 6.66. The van der Waals surface area contributed by atoms with Crippen molar-refractivity contribution in [1.82, 2.24) is 10.2 Å². The van der Waals surface area contributed by atoms with Gasteiger partial charge in [0, 0.05) is 18.6 Å². The summed E-state index contributed by atoms with van der Waals surface area (Å²) in [7, 11) is 0. The molecule has 0 aromatic heterocycles. The Morgan fingerprint density at radius 2 is 1.95 bits per heavy atom. The van der Waals surface area contributed by atoms with Crippen molar-refractivity contribution in [1.29, 1.82) is 0 Å². The van der Waals surface area contributed by atoms with Gasteiger partial charge in [-0.05, 0) is 59.8 Å². The number of primary amides is 1. The Labute approximate surface area is 133 Å². The molecule has 0 saturated heterocycles. The van der Waals surface area contributed by atoms with Crippen LogP contribution in [0.25, 0.3) is 0 Å². The average Bonchev–Trinajstić information content (AvgIpc) is 2.72. The number of carbonyl (C=O) groups excluding carboxylic acids is 2. The summed E-state index contributed by atoms with van der Waals surface area (Å²) < 4.78 is 5.29. The van der Waals surface area contributed by atoms with E-state index in [0.717, 1.165) is 25.8 Å². The van der Waals surface area contributed by atoms with E-state index in [1.54, 1.807) is 0 Å². The molecule has 0 radical (unpaired) electrons. The fraction of sp³-hybridized carbons (Fsp3) is 0.875. The molecule has 2 atom stereocenters. The molecule has 1 fully saturated rings. The second-order valence-corrected chi connectivity index (χ2v) is 7.51. The highest BCUT2D eigenvalue weighted by molar-refractivity contribution is 5.75. The third-order valence-corrected chi connectivity index (χ3v) is 3.84. The number of alkyl carbamates (subject to hydrolysis) is 1. The van der Waals surface area contributed by atoms with Crippen LogP contribution in [0.1, 0.15) is 53.9 Å². The van der Waals surface area contributed by atoms with E-state index in [9.17, 15) is 9.59 Å². The van der Waals surface area contributed by atoms with Crippen molar-refractivity contribution in [3.63, 3.8) is 0 Å². The van der Waals surface area contributed by atoms with Crippen molar-refractivity contribution in [2.24, 2.45) is 11.7 Å². The first-order valence-electron chi connectivity index (χ1n) is 8.08. The zero-order chi connectivity index (χ0) is 16.9. The fourth-order valence-corrected chi connectivity index (χ4v) is 2.84. The van der Waals surface area contributed by atoms with E-state index in [4.69, 9.17) is 10.5 Å². The molecule has 0 aliphatic heterocycles. The van der Waals surface area contributed by atoms with Gasteiger partial charge in [-0.3, -0.25) is 9.69 Å². The molecule has 2 amide bonds. The largest absolute Gasteiger partial charge is 0.444 e. The van der Waals surface area contributed by atoms with Crippen LogP contribution in [0, 0.1) is 5.92 Å². The third-order valence-electron chi connectivity index (χ3n) is 3.84. The summed E-state index contributed by atoms with van der Waals surface area (Å²) in [5.74, 6) is 0.178. The molecular formula is C16H31N3O3. The quantitative estimate of drug-likeness (QED) is 0.784. The molecule has 0 aromatic carbocycles. The Hall–Kier alpha value is -1.30. The van der Waals surface area contributed by atoms with Gasteiger partial charge in [-0.15, -0.1) is 0 Å². The van der Waals surface area contributed by atoms with Crippen LogP contribution in [-0.4, -0.2) is 47.7 Å². The lowest BCUT2D eigenvalue weighted by atomic mass is 10.1. The van der Waals surface area contributed by atoms with Crippen LogP contribution in [-0.2, 0) is 9.53 Å². The van der Waals surface area contributed by atoms with Gasteiger partial charge in [0.15, 0.2) is 0 Å². The SMILES string of the molecule is CC(C)N(CC(N)=O)C[C@@H]1CC[C@H](NC(=O)OC(C)(C)C)C1. The molecule has 6 nitrogen and oxygen atoms in total. The second-order valence-electron chi connectivity index (χ2n) is 7.51. The second kappa shape index (κ2) is 7.81. The van der Waals surface area contributed by atoms with Crippen molar-refractivity contribution in [3.05, 3.63) is 0 Å². The Bertz CT molecular complexity index is 391. The molecule has 1 aliphatic rings. The standard InChI is InChI=1S/C16H31N3O3/c1-11(2)19(10-14(17)20)9-12-6-7-13(8-12)18-15(21)22-16(3,4)5/h11-13H,6-10H2,1-5H3,(H2,17,20)(H,18,21)/t12-,13+/m1/s1. The van der Waals surface area contributed by atoms with Gasteiger partial charge in [-0.25, -0.2) is 4.79 Å². The van der Waals surface area contributed by atoms with Crippen LogP contribution in [0.3, 0.4) is 0 Å². The summed E-state index contributed by atoms with van der Waals surface area (Å²) in [5, 5.41) is 2.94. The molecule has 3 N–H and O–H groups in total. The number of hydrogen-bond acceptors (Lipinski definition) is 4. The number of nitrogens with two attached hydrogens (primary N) is 1. The first-order valence-corrected chi connectivity index (χ1v) is 8.08. The summed E-state index contributed by atoms with van der Waals surface area (Å²) in [5.41, 5.74) is 4.83. The van der Waals surface area contributed by atoms with Crippen LogP contribution >= 0.6 is 0 Å². The molecule has 1 saturated carbocycles. The lowest BCUT2D eigenvalue weighted by Gasteiger charge is -2.28.